The molecular formula is C9H7F3N2O3. The van der Waals surface area contributed by atoms with Crippen LogP contribution in [-0.2, 0) is 11.3 Å². The summed E-state index contributed by atoms with van der Waals surface area (Å²) in [6.07, 6.45) is -3.39. The van der Waals surface area contributed by atoms with Crippen LogP contribution in [0.1, 0.15) is 16.1 Å². The summed E-state index contributed by atoms with van der Waals surface area (Å²) < 4.78 is 31.7. The lowest BCUT2D eigenvalue weighted by atomic mass is 10.2. The Hall–Kier alpha value is -2.12. The third kappa shape index (κ3) is 3.44. The molecule has 8 heteroatoms. The van der Waals surface area contributed by atoms with Gasteiger partial charge in [-0.2, -0.15) is 13.2 Å². The van der Waals surface area contributed by atoms with Gasteiger partial charge in [-0.05, 0) is 12.1 Å². The number of hydrogen-bond donors (Lipinski definition) is 2. The summed E-state index contributed by atoms with van der Waals surface area (Å²) in [7, 11) is 0. The first kappa shape index (κ1) is 12.9. The largest absolute Gasteiger partial charge is 0.490 e. The minimum absolute atomic E-state index is 0.0110. The van der Waals surface area contributed by atoms with Crippen LogP contribution in [0.25, 0.3) is 0 Å². The minimum atomic E-state index is -5.08. The van der Waals surface area contributed by atoms with Gasteiger partial charge in [0, 0.05) is 6.20 Å². The number of pyridine rings is 1. The normalized spacial score (nSPS) is 13.2. The third-order valence-electron chi connectivity index (χ3n) is 1.79. The second-order valence-electron chi connectivity index (χ2n) is 2.98. The van der Waals surface area contributed by atoms with Crippen LogP contribution in [0.5, 0.6) is 0 Å². The van der Waals surface area contributed by atoms with Crippen molar-refractivity contribution in [3.63, 3.8) is 0 Å². The molecule has 0 unspecified atom stereocenters. The molecular weight excluding hydrogens is 241 g/mol. The molecule has 0 spiro atoms. The number of halogens is 3. The molecule has 0 radical (unpaired) electrons. The van der Waals surface area contributed by atoms with Crippen LogP contribution in [0, 0.1) is 0 Å². The lowest BCUT2D eigenvalue weighted by molar-refractivity contribution is -0.192. The highest BCUT2D eigenvalue weighted by Gasteiger charge is 2.38. The number of amides is 1. The number of rotatable bonds is 0. The van der Waals surface area contributed by atoms with E-state index in [1.54, 1.807) is 18.3 Å². The summed E-state index contributed by atoms with van der Waals surface area (Å²) in [5.41, 5.74) is 1.56. The molecule has 1 aliphatic rings. The van der Waals surface area contributed by atoms with Gasteiger partial charge in [-0.15, -0.1) is 0 Å². The molecule has 5 nitrogen and oxygen atoms in total. The fourth-order valence-electron chi connectivity index (χ4n) is 1.04. The number of carboxylic acids is 1. The number of fused-ring (bicyclic) bond motifs is 1. The number of nitrogens with zero attached hydrogens (tertiary/aromatic N) is 1. The van der Waals surface area contributed by atoms with Gasteiger partial charge in [-0.25, -0.2) is 4.79 Å². The molecule has 1 aromatic rings. The molecule has 2 rings (SSSR count). The van der Waals surface area contributed by atoms with Crippen LogP contribution in [-0.4, -0.2) is 28.1 Å². The predicted octanol–water partition coefficient (Wildman–Crippen LogP) is 0.958. The number of carbonyl (C=O) groups excluding carboxylic acids is 1. The average molecular weight is 248 g/mol. The van der Waals surface area contributed by atoms with Crippen molar-refractivity contribution in [2.45, 2.75) is 12.7 Å². The topological polar surface area (TPSA) is 79.3 Å². The Morgan fingerprint density at radius 1 is 1.47 bits per heavy atom. The Kier molecular flexibility index (Phi) is 3.66. The Balaban J connectivity index is 0.000000185. The van der Waals surface area contributed by atoms with Gasteiger partial charge in [0.05, 0.1) is 17.8 Å². The van der Waals surface area contributed by atoms with Gasteiger partial charge in [0.15, 0.2) is 0 Å². The number of alkyl halides is 3. The van der Waals surface area contributed by atoms with Crippen molar-refractivity contribution < 1.29 is 27.9 Å². The SMILES string of the molecule is O=C(O)C(F)(F)F.O=C1NCc2ncccc21. The maximum absolute atomic E-state index is 10.9. The number of aromatic nitrogens is 1. The van der Waals surface area contributed by atoms with Crippen LogP contribution < -0.4 is 5.32 Å². The van der Waals surface area contributed by atoms with E-state index in [0.29, 0.717) is 12.1 Å². The fraction of sp³-hybridized carbons (Fsp3) is 0.222. The second-order valence-corrected chi connectivity index (χ2v) is 2.98. The van der Waals surface area contributed by atoms with Crippen molar-refractivity contribution in [2.75, 3.05) is 0 Å². The maximum atomic E-state index is 10.9. The molecule has 0 bridgehead atoms. The summed E-state index contributed by atoms with van der Waals surface area (Å²) in [6.45, 7) is 0.578. The summed E-state index contributed by atoms with van der Waals surface area (Å²) in [4.78, 5) is 23.8. The molecule has 2 N–H and O–H groups in total. The Labute approximate surface area is 93.3 Å². The minimum Gasteiger partial charge on any atom is -0.475 e. The lowest BCUT2D eigenvalue weighted by Crippen LogP contribution is -2.21. The van der Waals surface area contributed by atoms with Crippen molar-refractivity contribution >= 4 is 11.9 Å². The van der Waals surface area contributed by atoms with E-state index >= 15 is 0 Å². The molecule has 0 aliphatic carbocycles. The molecule has 0 aromatic carbocycles. The molecule has 92 valence electrons. The smallest absolute Gasteiger partial charge is 0.475 e. The summed E-state index contributed by atoms with van der Waals surface area (Å²) in [6, 6.07) is 3.55. The zero-order valence-corrected chi connectivity index (χ0v) is 8.28. The summed E-state index contributed by atoms with van der Waals surface area (Å²) in [5, 5.41) is 9.81. The monoisotopic (exact) mass is 248 g/mol. The van der Waals surface area contributed by atoms with Gasteiger partial charge in [0.1, 0.15) is 0 Å². The van der Waals surface area contributed by atoms with Gasteiger partial charge in [-0.1, -0.05) is 0 Å². The quantitative estimate of drug-likeness (QED) is 0.716. The van der Waals surface area contributed by atoms with E-state index in [-0.39, 0.29) is 5.91 Å². The summed E-state index contributed by atoms with van der Waals surface area (Å²) >= 11 is 0. The van der Waals surface area contributed by atoms with Gasteiger partial charge in [0.25, 0.3) is 5.91 Å². The standard InChI is InChI=1S/C7H6N2O.C2HF3O2/c10-7-5-2-1-3-8-6(5)4-9-7;3-2(4,5)1(6)7/h1-3H,4H2,(H,9,10);(H,6,7). The highest BCUT2D eigenvalue weighted by molar-refractivity contribution is 5.97. The van der Waals surface area contributed by atoms with Crippen molar-refractivity contribution in [3.05, 3.63) is 29.6 Å². The van der Waals surface area contributed by atoms with Crippen molar-refractivity contribution in [3.8, 4) is 0 Å². The Morgan fingerprint density at radius 2 is 2.06 bits per heavy atom. The highest BCUT2D eigenvalue weighted by Crippen LogP contribution is 2.13. The van der Waals surface area contributed by atoms with Crippen LogP contribution >= 0.6 is 0 Å². The van der Waals surface area contributed by atoms with E-state index < -0.39 is 12.1 Å². The average Bonchev–Trinajstić information content (AvgIpc) is 2.61. The molecule has 2 heterocycles. The van der Waals surface area contributed by atoms with Crippen LogP contribution in [0.3, 0.4) is 0 Å². The van der Waals surface area contributed by atoms with Crippen molar-refractivity contribution in [2.24, 2.45) is 0 Å². The van der Waals surface area contributed by atoms with E-state index in [0.717, 1.165) is 5.69 Å². The van der Waals surface area contributed by atoms with E-state index in [1.807, 2.05) is 0 Å². The molecule has 1 aromatic heterocycles. The van der Waals surface area contributed by atoms with Crippen molar-refractivity contribution in [1.29, 1.82) is 0 Å². The second kappa shape index (κ2) is 4.81. The third-order valence-corrected chi connectivity index (χ3v) is 1.79. The maximum Gasteiger partial charge on any atom is 0.490 e. The number of hydrogen-bond acceptors (Lipinski definition) is 3. The highest BCUT2D eigenvalue weighted by atomic mass is 19.4. The number of carboxylic acid groups (broad SMARTS) is 1. The van der Waals surface area contributed by atoms with Gasteiger partial charge in [-0.3, -0.25) is 9.78 Å². The molecule has 17 heavy (non-hydrogen) atoms. The van der Waals surface area contributed by atoms with E-state index in [9.17, 15) is 18.0 Å². The molecule has 1 amide bonds. The zero-order valence-electron chi connectivity index (χ0n) is 8.28. The van der Waals surface area contributed by atoms with E-state index in [2.05, 4.69) is 10.3 Å². The fourth-order valence-corrected chi connectivity index (χ4v) is 1.04. The first-order valence-electron chi connectivity index (χ1n) is 4.34. The van der Waals surface area contributed by atoms with Crippen LogP contribution in [0.2, 0.25) is 0 Å². The van der Waals surface area contributed by atoms with Crippen LogP contribution in [0.15, 0.2) is 18.3 Å². The lowest BCUT2D eigenvalue weighted by Gasteiger charge is -1.93. The van der Waals surface area contributed by atoms with Crippen molar-refractivity contribution in [1.82, 2.24) is 10.3 Å². The van der Waals surface area contributed by atoms with Gasteiger partial charge in [0.2, 0.25) is 0 Å². The number of aliphatic carboxylic acids is 1. The van der Waals surface area contributed by atoms with E-state index in [1.165, 1.54) is 0 Å². The summed E-state index contributed by atoms with van der Waals surface area (Å²) in [5.74, 6) is -2.77. The number of carbonyl (C=O) groups is 2. The predicted molar refractivity (Wildman–Crippen MR) is 49.1 cm³/mol. The molecule has 1 aliphatic heterocycles. The Morgan fingerprint density at radius 3 is 2.53 bits per heavy atom. The van der Waals surface area contributed by atoms with Crippen LogP contribution in [0.4, 0.5) is 13.2 Å². The molecule has 0 atom stereocenters. The first-order valence-corrected chi connectivity index (χ1v) is 4.34. The number of nitrogens with one attached hydrogen (secondary N) is 1. The van der Waals surface area contributed by atoms with Gasteiger partial charge >= 0.3 is 12.1 Å². The molecule has 0 fully saturated rings. The zero-order chi connectivity index (χ0) is 13.1. The molecule has 0 saturated heterocycles. The first-order chi connectivity index (χ1) is 7.82. The Bertz CT molecular complexity index is 445. The van der Waals surface area contributed by atoms with E-state index in [4.69, 9.17) is 9.90 Å². The molecule has 0 saturated carbocycles. The van der Waals surface area contributed by atoms with Gasteiger partial charge < -0.3 is 10.4 Å².